The molecule has 2 bridgehead atoms. The van der Waals surface area contributed by atoms with Crippen molar-refractivity contribution < 1.29 is 33.4 Å². The number of likely N-dealkylation sites (tertiary alicyclic amines) is 1. The van der Waals surface area contributed by atoms with Crippen LogP contribution >= 0.6 is 0 Å². The molecule has 2 fully saturated rings. The Balaban J connectivity index is 2.34. The average molecular weight is 398 g/mol. The van der Waals surface area contributed by atoms with Crippen molar-refractivity contribution in [3.05, 3.63) is 0 Å². The zero-order valence-corrected chi connectivity index (χ0v) is 17.6. The average Bonchev–Trinajstić information content (AvgIpc) is 2.49. The third-order valence-electron chi connectivity index (χ3n) is 4.47. The molecule has 158 valence electrons. The number of hydrogen-bond acceptors (Lipinski definition) is 7. The SMILES string of the molecule is COC(=O)C1C(=O)CC2CN(C(=O)OC(C)(C)C)CC1N2C(=O)OC(C)(C)C. The Bertz CT molecular complexity index is 662. The van der Waals surface area contributed by atoms with E-state index in [-0.39, 0.29) is 25.3 Å². The summed E-state index contributed by atoms with van der Waals surface area (Å²) in [5, 5.41) is 0. The summed E-state index contributed by atoms with van der Waals surface area (Å²) in [5.74, 6) is -2.20. The first-order valence-corrected chi connectivity index (χ1v) is 9.33. The highest BCUT2D eigenvalue weighted by Gasteiger charge is 2.54. The van der Waals surface area contributed by atoms with E-state index in [2.05, 4.69) is 0 Å². The number of ether oxygens (including phenoxy) is 3. The summed E-state index contributed by atoms with van der Waals surface area (Å²) in [7, 11) is 1.19. The summed E-state index contributed by atoms with van der Waals surface area (Å²) in [6.45, 7) is 10.6. The minimum Gasteiger partial charge on any atom is -0.468 e. The number of carbonyl (C=O) groups excluding carboxylic acids is 4. The van der Waals surface area contributed by atoms with Gasteiger partial charge >= 0.3 is 18.2 Å². The summed E-state index contributed by atoms with van der Waals surface area (Å²) >= 11 is 0. The number of amides is 2. The number of rotatable bonds is 1. The van der Waals surface area contributed by atoms with Gasteiger partial charge in [0.1, 0.15) is 17.1 Å². The lowest BCUT2D eigenvalue weighted by molar-refractivity contribution is -0.159. The normalized spacial score (nSPS) is 25.2. The maximum Gasteiger partial charge on any atom is 0.410 e. The van der Waals surface area contributed by atoms with E-state index < -0.39 is 47.4 Å². The van der Waals surface area contributed by atoms with E-state index >= 15 is 0 Å². The summed E-state index contributed by atoms with van der Waals surface area (Å²) in [6.07, 6.45) is -1.23. The van der Waals surface area contributed by atoms with Gasteiger partial charge in [-0.2, -0.15) is 0 Å². The van der Waals surface area contributed by atoms with E-state index in [0.29, 0.717) is 0 Å². The summed E-state index contributed by atoms with van der Waals surface area (Å²) < 4.78 is 15.7. The second-order valence-electron chi connectivity index (χ2n) is 9.17. The number of methoxy groups -OCH3 is 1. The maximum atomic E-state index is 12.8. The highest BCUT2D eigenvalue weighted by atomic mass is 16.6. The molecule has 0 aliphatic carbocycles. The van der Waals surface area contributed by atoms with Gasteiger partial charge in [-0.05, 0) is 41.5 Å². The van der Waals surface area contributed by atoms with Crippen molar-refractivity contribution in [1.29, 1.82) is 0 Å². The topological polar surface area (TPSA) is 102 Å². The van der Waals surface area contributed by atoms with Crippen LogP contribution in [0.1, 0.15) is 48.0 Å². The molecule has 2 aliphatic heterocycles. The first kappa shape index (κ1) is 22.0. The van der Waals surface area contributed by atoms with Crippen molar-refractivity contribution in [2.75, 3.05) is 20.2 Å². The van der Waals surface area contributed by atoms with Crippen LogP contribution in [0.4, 0.5) is 9.59 Å². The lowest BCUT2D eigenvalue weighted by Crippen LogP contribution is -2.69. The molecule has 3 atom stereocenters. The predicted molar refractivity (Wildman–Crippen MR) is 98.6 cm³/mol. The Labute approximate surface area is 165 Å². The molecule has 9 heteroatoms. The van der Waals surface area contributed by atoms with Crippen molar-refractivity contribution >= 4 is 23.9 Å². The molecule has 9 nitrogen and oxygen atoms in total. The van der Waals surface area contributed by atoms with E-state index in [0.717, 1.165) is 0 Å². The molecule has 0 spiro atoms. The first-order valence-electron chi connectivity index (χ1n) is 9.33. The maximum absolute atomic E-state index is 12.8. The molecule has 0 aromatic carbocycles. The summed E-state index contributed by atoms with van der Waals surface area (Å²) in [5.41, 5.74) is -1.43. The Morgan fingerprint density at radius 3 is 1.96 bits per heavy atom. The third-order valence-corrected chi connectivity index (χ3v) is 4.47. The van der Waals surface area contributed by atoms with Crippen LogP contribution in [0.3, 0.4) is 0 Å². The van der Waals surface area contributed by atoms with E-state index in [1.807, 2.05) is 0 Å². The van der Waals surface area contributed by atoms with E-state index in [1.54, 1.807) is 41.5 Å². The monoisotopic (exact) mass is 398 g/mol. The van der Waals surface area contributed by atoms with Gasteiger partial charge < -0.3 is 19.1 Å². The Morgan fingerprint density at radius 1 is 0.929 bits per heavy atom. The van der Waals surface area contributed by atoms with Gasteiger partial charge in [-0.1, -0.05) is 0 Å². The lowest BCUT2D eigenvalue weighted by Gasteiger charge is -2.51. The summed E-state index contributed by atoms with van der Waals surface area (Å²) in [6, 6.07) is -1.45. The molecule has 0 aromatic heterocycles. The quantitative estimate of drug-likeness (QED) is 0.378. The van der Waals surface area contributed by atoms with Crippen molar-refractivity contribution in [3.8, 4) is 0 Å². The zero-order chi connectivity index (χ0) is 21.4. The fourth-order valence-electron chi connectivity index (χ4n) is 3.49. The fourth-order valence-corrected chi connectivity index (χ4v) is 3.49. The second-order valence-corrected chi connectivity index (χ2v) is 9.17. The van der Waals surface area contributed by atoms with Gasteiger partial charge in [0.25, 0.3) is 0 Å². The molecule has 2 aliphatic rings. The molecular weight excluding hydrogens is 368 g/mol. The van der Waals surface area contributed by atoms with Gasteiger partial charge in [0.15, 0.2) is 5.78 Å². The van der Waals surface area contributed by atoms with E-state index in [1.165, 1.54) is 16.9 Å². The Morgan fingerprint density at radius 2 is 1.46 bits per heavy atom. The van der Waals surface area contributed by atoms with Crippen LogP contribution < -0.4 is 0 Å². The molecule has 0 N–H and O–H groups in total. The number of hydrogen-bond donors (Lipinski definition) is 0. The summed E-state index contributed by atoms with van der Waals surface area (Å²) in [4.78, 5) is 53.0. The number of piperazine rings is 1. The highest BCUT2D eigenvalue weighted by Crippen LogP contribution is 2.33. The minimum absolute atomic E-state index is 0.0177. The molecule has 28 heavy (non-hydrogen) atoms. The van der Waals surface area contributed by atoms with Crippen LogP contribution in [0, 0.1) is 5.92 Å². The molecule has 2 saturated heterocycles. The number of nitrogens with zero attached hydrogens (tertiary/aromatic N) is 2. The smallest absolute Gasteiger partial charge is 0.410 e. The van der Waals surface area contributed by atoms with E-state index in [9.17, 15) is 19.2 Å². The molecule has 0 aromatic rings. The van der Waals surface area contributed by atoms with Gasteiger partial charge in [0.2, 0.25) is 0 Å². The van der Waals surface area contributed by atoms with Crippen molar-refractivity contribution in [2.24, 2.45) is 5.92 Å². The third kappa shape index (κ3) is 4.94. The molecule has 3 unspecified atom stereocenters. The van der Waals surface area contributed by atoms with Crippen molar-refractivity contribution in [3.63, 3.8) is 0 Å². The van der Waals surface area contributed by atoms with Crippen molar-refractivity contribution in [2.45, 2.75) is 71.2 Å². The van der Waals surface area contributed by atoms with Gasteiger partial charge in [0, 0.05) is 19.5 Å². The van der Waals surface area contributed by atoms with Gasteiger partial charge in [-0.3, -0.25) is 14.5 Å². The van der Waals surface area contributed by atoms with Crippen LogP contribution in [-0.2, 0) is 23.8 Å². The number of Topliss-reactive ketones (excluding diaryl/α,β-unsaturated/α-hetero) is 1. The standard InChI is InChI=1S/C19H30N2O7/c1-18(2,3)27-16(24)20-9-11-8-13(22)14(15(23)26-7)12(10-20)21(11)17(25)28-19(4,5)6/h11-12,14H,8-10H2,1-7H3. The highest BCUT2D eigenvalue weighted by molar-refractivity contribution is 6.01. The van der Waals surface area contributed by atoms with Gasteiger partial charge in [0.05, 0.1) is 19.2 Å². The lowest BCUT2D eigenvalue weighted by atomic mass is 9.81. The Kier molecular flexibility index (Phi) is 5.96. The molecule has 2 amide bonds. The fraction of sp³-hybridized carbons (Fsp3) is 0.789. The van der Waals surface area contributed by atoms with Gasteiger partial charge in [-0.25, -0.2) is 9.59 Å². The number of ketones is 1. The second kappa shape index (κ2) is 7.60. The molecule has 0 saturated carbocycles. The molecular formula is C19H30N2O7. The number of fused-ring (bicyclic) bond motifs is 2. The van der Waals surface area contributed by atoms with Crippen LogP contribution in [0.5, 0.6) is 0 Å². The van der Waals surface area contributed by atoms with Gasteiger partial charge in [-0.15, -0.1) is 0 Å². The van der Waals surface area contributed by atoms with Crippen LogP contribution in [0.15, 0.2) is 0 Å². The minimum atomic E-state index is -1.17. The largest absolute Gasteiger partial charge is 0.468 e. The van der Waals surface area contributed by atoms with Crippen molar-refractivity contribution in [1.82, 2.24) is 9.80 Å². The number of piperidine rings is 1. The van der Waals surface area contributed by atoms with Crippen LogP contribution in [0.25, 0.3) is 0 Å². The molecule has 2 heterocycles. The molecule has 2 rings (SSSR count). The van der Waals surface area contributed by atoms with Crippen LogP contribution in [0.2, 0.25) is 0 Å². The molecule has 0 radical (unpaired) electrons. The first-order chi connectivity index (χ1) is 12.7. The van der Waals surface area contributed by atoms with Crippen LogP contribution in [-0.4, -0.2) is 77.2 Å². The Hall–Kier alpha value is -2.32. The predicted octanol–water partition coefficient (Wildman–Crippen LogP) is 1.97. The number of carbonyl (C=O) groups is 4. The zero-order valence-electron chi connectivity index (χ0n) is 17.6. The number of esters is 1. The van der Waals surface area contributed by atoms with E-state index in [4.69, 9.17) is 14.2 Å².